The molecule has 3 fully saturated rings. The number of piperazine rings is 1. The first-order valence-corrected chi connectivity index (χ1v) is 8.78. The van der Waals surface area contributed by atoms with E-state index in [1.54, 1.807) is 0 Å². The first kappa shape index (κ1) is 14.8. The first-order valence-electron chi connectivity index (χ1n) is 8.78. The van der Waals surface area contributed by atoms with E-state index in [0.29, 0.717) is 17.7 Å². The summed E-state index contributed by atoms with van der Waals surface area (Å²) in [7, 11) is 0. The van der Waals surface area contributed by atoms with E-state index in [0.717, 1.165) is 12.5 Å². The van der Waals surface area contributed by atoms with Crippen LogP contribution >= 0.6 is 0 Å². The van der Waals surface area contributed by atoms with Crippen molar-refractivity contribution in [2.45, 2.75) is 76.5 Å². The smallest absolute Gasteiger partial charge is 0.0702 e. The Kier molecular flexibility index (Phi) is 4.68. The molecule has 20 heavy (non-hydrogen) atoms. The molecule has 0 aromatic heterocycles. The average molecular weight is 280 g/mol. The molecule has 0 radical (unpaired) electrons. The summed E-state index contributed by atoms with van der Waals surface area (Å²) in [6, 6.07) is 0.713. The molecule has 3 aliphatic rings. The summed E-state index contributed by atoms with van der Waals surface area (Å²) in [5.41, 5.74) is 0.437. The summed E-state index contributed by atoms with van der Waals surface area (Å²) in [5.74, 6) is 0.784. The zero-order valence-corrected chi connectivity index (χ0v) is 13.4. The minimum Gasteiger partial charge on any atom is -0.377 e. The van der Waals surface area contributed by atoms with Crippen molar-refractivity contribution in [1.29, 1.82) is 0 Å². The van der Waals surface area contributed by atoms with E-state index in [4.69, 9.17) is 4.74 Å². The van der Waals surface area contributed by atoms with E-state index in [9.17, 15) is 0 Å². The van der Waals surface area contributed by atoms with Crippen molar-refractivity contribution in [3.8, 4) is 0 Å². The Bertz CT molecular complexity index is 306. The number of nitrogens with zero attached hydrogens (tertiary/aromatic N) is 1. The monoisotopic (exact) mass is 280 g/mol. The Balaban J connectivity index is 1.64. The molecular weight excluding hydrogens is 248 g/mol. The minimum absolute atomic E-state index is 0.437. The number of nitrogens with one attached hydrogen (secondary N) is 1. The zero-order chi connectivity index (χ0) is 14.0. The average Bonchev–Trinajstić information content (AvgIpc) is 3.05. The molecule has 116 valence electrons. The Labute approximate surface area is 124 Å². The molecule has 0 bridgehead atoms. The van der Waals surface area contributed by atoms with Crippen molar-refractivity contribution in [2.24, 2.45) is 5.92 Å². The second-order valence-corrected chi connectivity index (χ2v) is 7.72. The highest BCUT2D eigenvalue weighted by atomic mass is 16.5. The van der Waals surface area contributed by atoms with Gasteiger partial charge in [0, 0.05) is 37.8 Å². The second kappa shape index (κ2) is 6.33. The number of hydrogen-bond acceptors (Lipinski definition) is 3. The Morgan fingerprint density at radius 3 is 2.70 bits per heavy atom. The van der Waals surface area contributed by atoms with Crippen LogP contribution < -0.4 is 5.32 Å². The standard InChI is InChI=1S/C17H32N2O/c1-14(2)10-15-11-18-17(7-3-4-8-17)13-19(15)12-16-6-5-9-20-16/h14-16,18H,3-13H2,1-2H3. The fraction of sp³-hybridized carbons (Fsp3) is 1.00. The normalized spacial score (nSPS) is 34.4. The topological polar surface area (TPSA) is 24.5 Å². The molecule has 2 heterocycles. The molecule has 2 saturated heterocycles. The van der Waals surface area contributed by atoms with Crippen LogP contribution in [0.25, 0.3) is 0 Å². The summed E-state index contributed by atoms with van der Waals surface area (Å²) in [4.78, 5) is 2.78. The van der Waals surface area contributed by atoms with Gasteiger partial charge in [-0.05, 0) is 38.0 Å². The van der Waals surface area contributed by atoms with Crippen molar-refractivity contribution in [2.75, 3.05) is 26.2 Å². The maximum atomic E-state index is 5.90. The maximum Gasteiger partial charge on any atom is 0.0702 e. The summed E-state index contributed by atoms with van der Waals surface area (Å²) in [6.07, 6.45) is 9.93. The molecule has 0 aromatic carbocycles. The van der Waals surface area contributed by atoms with Crippen LogP contribution in [0.4, 0.5) is 0 Å². The highest BCUT2D eigenvalue weighted by Gasteiger charge is 2.41. The fourth-order valence-electron chi connectivity index (χ4n) is 4.46. The van der Waals surface area contributed by atoms with Crippen LogP contribution in [-0.4, -0.2) is 48.8 Å². The molecule has 1 aliphatic carbocycles. The van der Waals surface area contributed by atoms with Gasteiger partial charge in [0.2, 0.25) is 0 Å². The predicted molar refractivity (Wildman–Crippen MR) is 83.0 cm³/mol. The highest BCUT2D eigenvalue weighted by Crippen LogP contribution is 2.34. The molecule has 1 saturated carbocycles. The molecule has 2 aliphatic heterocycles. The van der Waals surface area contributed by atoms with Crippen LogP contribution in [0, 0.1) is 5.92 Å². The van der Waals surface area contributed by atoms with Gasteiger partial charge in [0.25, 0.3) is 0 Å². The van der Waals surface area contributed by atoms with Crippen LogP contribution in [0.3, 0.4) is 0 Å². The lowest BCUT2D eigenvalue weighted by atomic mass is 9.89. The lowest BCUT2D eigenvalue weighted by molar-refractivity contribution is 0.0148. The fourth-order valence-corrected chi connectivity index (χ4v) is 4.46. The van der Waals surface area contributed by atoms with Gasteiger partial charge in [-0.15, -0.1) is 0 Å². The SMILES string of the molecule is CC(C)CC1CNC2(CCCC2)CN1CC1CCCO1. The van der Waals surface area contributed by atoms with Gasteiger partial charge < -0.3 is 10.1 Å². The Morgan fingerprint density at radius 1 is 1.25 bits per heavy atom. The Morgan fingerprint density at radius 2 is 2.05 bits per heavy atom. The van der Waals surface area contributed by atoms with Crippen LogP contribution in [0.1, 0.15) is 58.8 Å². The molecule has 3 nitrogen and oxygen atoms in total. The lowest BCUT2D eigenvalue weighted by Gasteiger charge is -2.47. The van der Waals surface area contributed by atoms with Crippen LogP contribution in [-0.2, 0) is 4.74 Å². The molecule has 2 unspecified atom stereocenters. The van der Waals surface area contributed by atoms with Crippen molar-refractivity contribution >= 4 is 0 Å². The van der Waals surface area contributed by atoms with Crippen molar-refractivity contribution in [3.63, 3.8) is 0 Å². The minimum atomic E-state index is 0.437. The quantitative estimate of drug-likeness (QED) is 0.857. The van der Waals surface area contributed by atoms with Gasteiger partial charge in [-0.1, -0.05) is 26.7 Å². The van der Waals surface area contributed by atoms with Gasteiger partial charge >= 0.3 is 0 Å². The van der Waals surface area contributed by atoms with E-state index >= 15 is 0 Å². The maximum absolute atomic E-state index is 5.90. The summed E-state index contributed by atoms with van der Waals surface area (Å²) in [5, 5.41) is 3.92. The third-order valence-electron chi connectivity index (χ3n) is 5.50. The van der Waals surface area contributed by atoms with E-state index in [2.05, 4.69) is 24.1 Å². The highest BCUT2D eigenvalue weighted by molar-refractivity contribution is 5.01. The van der Waals surface area contributed by atoms with Gasteiger partial charge in [0.15, 0.2) is 0 Å². The third kappa shape index (κ3) is 3.37. The van der Waals surface area contributed by atoms with Crippen LogP contribution in [0.2, 0.25) is 0 Å². The van der Waals surface area contributed by atoms with Gasteiger partial charge in [0.05, 0.1) is 6.10 Å². The lowest BCUT2D eigenvalue weighted by Crippen LogP contribution is -2.64. The molecule has 1 N–H and O–H groups in total. The molecule has 0 aromatic rings. The number of ether oxygens (including phenoxy) is 1. The van der Waals surface area contributed by atoms with Crippen LogP contribution in [0.5, 0.6) is 0 Å². The van der Waals surface area contributed by atoms with Crippen molar-refractivity contribution < 1.29 is 4.74 Å². The van der Waals surface area contributed by atoms with E-state index < -0.39 is 0 Å². The summed E-state index contributed by atoms with van der Waals surface area (Å²) < 4.78 is 5.90. The zero-order valence-electron chi connectivity index (χ0n) is 13.4. The number of hydrogen-bond donors (Lipinski definition) is 1. The van der Waals surface area contributed by atoms with Gasteiger partial charge in [-0.3, -0.25) is 4.90 Å². The molecule has 0 amide bonds. The van der Waals surface area contributed by atoms with Gasteiger partial charge in [-0.2, -0.15) is 0 Å². The first-order chi connectivity index (χ1) is 9.67. The van der Waals surface area contributed by atoms with E-state index in [-0.39, 0.29) is 0 Å². The second-order valence-electron chi connectivity index (χ2n) is 7.72. The van der Waals surface area contributed by atoms with E-state index in [1.807, 2.05) is 0 Å². The molecule has 3 rings (SSSR count). The van der Waals surface area contributed by atoms with Crippen molar-refractivity contribution in [3.05, 3.63) is 0 Å². The van der Waals surface area contributed by atoms with Crippen LogP contribution in [0.15, 0.2) is 0 Å². The molecule has 1 spiro atoms. The molecule has 2 atom stereocenters. The van der Waals surface area contributed by atoms with Crippen molar-refractivity contribution in [1.82, 2.24) is 10.2 Å². The largest absolute Gasteiger partial charge is 0.377 e. The summed E-state index contributed by atoms with van der Waals surface area (Å²) in [6.45, 7) is 9.29. The van der Waals surface area contributed by atoms with E-state index in [1.165, 1.54) is 64.6 Å². The molecular formula is C17H32N2O. The Hall–Kier alpha value is -0.120. The molecule has 3 heteroatoms. The number of rotatable bonds is 4. The summed E-state index contributed by atoms with van der Waals surface area (Å²) >= 11 is 0. The van der Waals surface area contributed by atoms with Gasteiger partial charge in [-0.25, -0.2) is 0 Å². The predicted octanol–water partition coefficient (Wildman–Crippen LogP) is 2.80. The third-order valence-corrected chi connectivity index (χ3v) is 5.50. The van der Waals surface area contributed by atoms with Gasteiger partial charge in [0.1, 0.15) is 0 Å².